The summed E-state index contributed by atoms with van der Waals surface area (Å²) in [4.78, 5) is 4.26. The number of benzene rings is 1. The van der Waals surface area contributed by atoms with E-state index in [0.29, 0.717) is 11.5 Å². The number of aromatic nitrogens is 2. The Kier molecular flexibility index (Phi) is 4.52. The fourth-order valence-corrected chi connectivity index (χ4v) is 3.50. The van der Waals surface area contributed by atoms with Crippen LogP contribution < -0.4 is 9.92 Å². The molecule has 0 aliphatic heterocycles. The molecule has 0 radical (unpaired) electrons. The molecule has 0 saturated heterocycles. The third-order valence-electron chi connectivity index (χ3n) is 3.13. The zero-order chi connectivity index (χ0) is 16.5. The fraction of sp³-hybridized carbons (Fsp3) is 0.357. The number of halogens is 1. The predicted molar refractivity (Wildman–Crippen MR) is 79.4 cm³/mol. The lowest BCUT2D eigenvalue weighted by molar-refractivity contribution is 0.471. The number of imidazole rings is 1. The number of nitrogens with two attached hydrogens (primary N) is 1. The molecule has 0 saturated carbocycles. The molecule has 1 heterocycles. The maximum absolute atomic E-state index is 13.2. The minimum atomic E-state index is -4.15. The van der Waals surface area contributed by atoms with Crippen LogP contribution in [0.4, 0.5) is 4.39 Å². The largest absolute Gasteiger partial charge is 0.378 e. The summed E-state index contributed by atoms with van der Waals surface area (Å²) in [5.41, 5.74) is 5.95. The number of hydrogen-bond donors (Lipinski definition) is 1. The first-order valence-corrected chi connectivity index (χ1v) is 8.12. The molecular formula is C14H18FN3O3S. The van der Waals surface area contributed by atoms with Crippen LogP contribution in [0.25, 0.3) is 0 Å². The molecule has 0 atom stereocenters. The summed E-state index contributed by atoms with van der Waals surface area (Å²) in [6.45, 7) is 3.75. The second-order valence-corrected chi connectivity index (χ2v) is 6.59. The van der Waals surface area contributed by atoms with Gasteiger partial charge in [-0.1, -0.05) is 19.9 Å². The SMILES string of the molecule is CC(C)c1nc(CN)n(C)c1S(=O)(=O)Oc1cccc(F)c1. The molecule has 1 aromatic heterocycles. The molecule has 0 fully saturated rings. The van der Waals surface area contributed by atoms with Gasteiger partial charge in [0.15, 0.2) is 5.03 Å². The highest BCUT2D eigenvalue weighted by Crippen LogP contribution is 2.27. The number of rotatable bonds is 5. The standard InChI is InChI=1S/C14H18FN3O3S/c1-9(2)13-14(18(3)12(8-16)17-13)22(19,20)21-11-6-4-5-10(15)7-11/h4-7,9H,8,16H2,1-3H3. The van der Waals surface area contributed by atoms with Crippen molar-refractivity contribution < 1.29 is 17.0 Å². The Balaban J connectivity index is 2.51. The molecule has 1 aromatic carbocycles. The molecule has 6 nitrogen and oxygen atoms in total. The van der Waals surface area contributed by atoms with Crippen molar-refractivity contribution in [3.63, 3.8) is 0 Å². The van der Waals surface area contributed by atoms with Gasteiger partial charge in [-0.3, -0.25) is 0 Å². The van der Waals surface area contributed by atoms with Crippen LogP contribution >= 0.6 is 0 Å². The quantitative estimate of drug-likeness (QED) is 0.848. The average Bonchev–Trinajstić information content (AvgIpc) is 2.76. The molecule has 2 N–H and O–H groups in total. The van der Waals surface area contributed by atoms with Gasteiger partial charge in [0.1, 0.15) is 17.4 Å². The summed E-state index contributed by atoms with van der Waals surface area (Å²) in [5.74, 6) is -0.368. The van der Waals surface area contributed by atoms with E-state index in [4.69, 9.17) is 9.92 Å². The molecule has 0 aliphatic carbocycles. The fourth-order valence-electron chi connectivity index (χ4n) is 2.09. The van der Waals surface area contributed by atoms with Crippen molar-refractivity contribution in [1.29, 1.82) is 0 Å². The van der Waals surface area contributed by atoms with Crippen LogP contribution in [-0.2, 0) is 23.7 Å². The van der Waals surface area contributed by atoms with E-state index >= 15 is 0 Å². The third kappa shape index (κ3) is 3.12. The van der Waals surface area contributed by atoms with Crippen LogP contribution in [0.1, 0.15) is 31.3 Å². The van der Waals surface area contributed by atoms with Crippen LogP contribution in [0.2, 0.25) is 0 Å². The Morgan fingerprint density at radius 1 is 1.41 bits per heavy atom. The van der Waals surface area contributed by atoms with E-state index in [1.807, 2.05) is 13.8 Å². The van der Waals surface area contributed by atoms with Crippen molar-refractivity contribution >= 4 is 10.1 Å². The molecule has 8 heteroatoms. The van der Waals surface area contributed by atoms with Crippen molar-refractivity contribution in [2.45, 2.75) is 31.3 Å². The van der Waals surface area contributed by atoms with Crippen molar-refractivity contribution in [3.05, 3.63) is 41.6 Å². The van der Waals surface area contributed by atoms with Crippen molar-refractivity contribution in [2.24, 2.45) is 12.8 Å². The Hall–Kier alpha value is -1.93. The Bertz CT molecular complexity index is 785. The smallest absolute Gasteiger partial charge is 0.356 e. The van der Waals surface area contributed by atoms with E-state index < -0.39 is 15.9 Å². The van der Waals surface area contributed by atoms with Gasteiger partial charge in [0.2, 0.25) is 0 Å². The maximum Gasteiger partial charge on any atom is 0.356 e. The monoisotopic (exact) mass is 327 g/mol. The van der Waals surface area contributed by atoms with E-state index in [-0.39, 0.29) is 23.2 Å². The lowest BCUT2D eigenvalue weighted by Crippen LogP contribution is -2.17. The molecule has 22 heavy (non-hydrogen) atoms. The van der Waals surface area contributed by atoms with E-state index in [1.54, 1.807) is 7.05 Å². The van der Waals surface area contributed by atoms with Crippen LogP contribution in [0.5, 0.6) is 5.75 Å². The van der Waals surface area contributed by atoms with E-state index in [1.165, 1.54) is 22.8 Å². The van der Waals surface area contributed by atoms with Gasteiger partial charge in [-0.2, -0.15) is 8.42 Å². The summed E-state index contributed by atoms with van der Waals surface area (Å²) < 4.78 is 44.7. The van der Waals surface area contributed by atoms with Gasteiger partial charge in [0.05, 0.1) is 12.2 Å². The van der Waals surface area contributed by atoms with Gasteiger partial charge in [-0.05, 0) is 18.1 Å². The highest BCUT2D eigenvalue weighted by atomic mass is 32.2. The minimum Gasteiger partial charge on any atom is -0.378 e. The minimum absolute atomic E-state index is 0.0628. The number of nitrogens with zero attached hydrogens (tertiary/aromatic N) is 2. The lowest BCUT2D eigenvalue weighted by atomic mass is 10.2. The van der Waals surface area contributed by atoms with Gasteiger partial charge in [0.25, 0.3) is 0 Å². The molecule has 0 unspecified atom stereocenters. The summed E-state index contributed by atoms with van der Waals surface area (Å²) in [7, 11) is -2.59. The highest BCUT2D eigenvalue weighted by molar-refractivity contribution is 7.87. The third-order valence-corrected chi connectivity index (χ3v) is 4.50. The summed E-state index contributed by atoms with van der Waals surface area (Å²) in [5, 5.41) is -0.0628. The lowest BCUT2D eigenvalue weighted by Gasteiger charge is -2.11. The maximum atomic E-state index is 13.2. The van der Waals surface area contributed by atoms with E-state index in [2.05, 4.69) is 4.98 Å². The summed E-state index contributed by atoms with van der Waals surface area (Å²) in [6, 6.07) is 4.95. The number of hydrogen-bond acceptors (Lipinski definition) is 5. The van der Waals surface area contributed by atoms with Gasteiger partial charge in [-0.15, -0.1) is 0 Å². The Labute approximate surface area is 128 Å². The highest BCUT2D eigenvalue weighted by Gasteiger charge is 2.29. The van der Waals surface area contributed by atoms with Gasteiger partial charge in [-0.25, -0.2) is 9.37 Å². The second-order valence-electron chi connectivity index (χ2n) is 5.13. The van der Waals surface area contributed by atoms with E-state index in [0.717, 1.165) is 6.07 Å². The normalized spacial score (nSPS) is 11.9. The molecule has 2 aromatic rings. The van der Waals surface area contributed by atoms with Crippen LogP contribution in [0, 0.1) is 5.82 Å². The first-order valence-electron chi connectivity index (χ1n) is 6.72. The molecule has 0 aliphatic rings. The molecule has 0 bridgehead atoms. The second kappa shape index (κ2) is 6.05. The topological polar surface area (TPSA) is 87.2 Å². The molecule has 120 valence electrons. The summed E-state index contributed by atoms with van der Waals surface area (Å²) >= 11 is 0. The zero-order valence-electron chi connectivity index (χ0n) is 12.6. The molecule has 0 spiro atoms. The average molecular weight is 327 g/mol. The van der Waals surface area contributed by atoms with Crippen LogP contribution in [-0.4, -0.2) is 18.0 Å². The molecule has 0 amide bonds. The molecule has 2 rings (SSSR count). The van der Waals surface area contributed by atoms with E-state index in [9.17, 15) is 12.8 Å². The summed E-state index contributed by atoms with van der Waals surface area (Å²) in [6.07, 6.45) is 0. The Morgan fingerprint density at radius 2 is 2.09 bits per heavy atom. The first kappa shape index (κ1) is 16.4. The molecular weight excluding hydrogens is 309 g/mol. The van der Waals surface area contributed by atoms with Gasteiger partial charge < -0.3 is 14.5 Å². The van der Waals surface area contributed by atoms with Gasteiger partial charge >= 0.3 is 10.1 Å². The predicted octanol–water partition coefficient (Wildman–Crippen LogP) is 1.91. The zero-order valence-corrected chi connectivity index (χ0v) is 13.4. The van der Waals surface area contributed by atoms with Crippen LogP contribution in [0.3, 0.4) is 0 Å². The van der Waals surface area contributed by atoms with Crippen LogP contribution in [0.15, 0.2) is 29.3 Å². The first-order chi connectivity index (χ1) is 10.3. The van der Waals surface area contributed by atoms with Crippen molar-refractivity contribution in [2.75, 3.05) is 0 Å². The van der Waals surface area contributed by atoms with Gasteiger partial charge in [0, 0.05) is 13.1 Å². The Morgan fingerprint density at radius 3 is 2.64 bits per heavy atom. The van der Waals surface area contributed by atoms with Crippen molar-refractivity contribution in [1.82, 2.24) is 9.55 Å². The van der Waals surface area contributed by atoms with Crippen molar-refractivity contribution in [3.8, 4) is 5.75 Å².